The molecule has 2 aliphatic rings. The number of ketones is 1. The first-order valence-corrected chi connectivity index (χ1v) is 12.7. The molecule has 1 aromatic heterocycles. The molecule has 1 atom stereocenters. The van der Waals surface area contributed by atoms with E-state index in [1.165, 1.54) is 24.3 Å². The first-order chi connectivity index (χ1) is 17.4. The minimum atomic E-state index is -4.52. The maximum Gasteiger partial charge on any atom is 0.416 e. The van der Waals surface area contributed by atoms with Crippen molar-refractivity contribution in [1.29, 1.82) is 0 Å². The summed E-state index contributed by atoms with van der Waals surface area (Å²) < 4.78 is 54.0. The molecular formula is C30H29F4NO2. The molecule has 7 heteroatoms. The SMILES string of the molecule is CC1(C)Cc2nc(C3CCCC3)c(C(=O)c3ccc(C(F)(F)F)cc3)c(-c3cccc(F)c3)c2[C@@H](O)C1. The highest BCUT2D eigenvalue weighted by Gasteiger charge is 2.39. The molecule has 1 N–H and O–H groups in total. The molecule has 1 fully saturated rings. The van der Waals surface area contributed by atoms with Crippen LogP contribution in [0.2, 0.25) is 0 Å². The highest BCUT2D eigenvalue weighted by atomic mass is 19.4. The summed E-state index contributed by atoms with van der Waals surface area (Å²) in [5, 5.41) is 11.3. The van der Waals surface area contributed by atoms with Crippen LogP contribution in [0, 0.1) is 11.2 Å². The zero-order chi connectivity index (χ0) is 26.5. The number of aromatic nitrogens is 1. The van der Waals surface area contributed by atoms with Crippen molar-refractivity contribution in [3.63, 3.8) is 0 Å². The molecule has 0 radical (unpaired) electrons. The third-order valence-electron chi connectivity index (χ3n) is 7.62. The molecule has 0 aliphatic heterocycles. The lowest BCUT2D eigenvalue weighted by Gasteiger charge is -2.37. The molecule has 194 valence electrons. The van der Waals surface area contributed by atoms with E-state index in [1.54, 1.807) is 12.1 Å². The van der Waals surface area contributed by atoms with Crippen molar-refractivity contribution in [3.8, 4) is 11.1 Å². The second-order valence-corrected chi connectivity index (χ2v) is 11.1. The van der Waals surface area contributed by atoms with Gasteiger partial charge in [-0.3, -0.25) is 9.78 Å². The van der Waals surface area contributed by atoms with Crippen LogP contribution >= 0.6 is 0 Å². The van der Waals surface area contributed by atoms with E-state index in [0.29, 0.717) is 40.9 Å². The van der Waals surface area contributed by atoms with Gasteiger partial charge in [-0.1, -0.05) is 51.0 Å². The Morgan fingerprint density at radius 3 is 2.35 bits per heavy atom. The van der Waals surface area contributed by atoms with Gasteiger partial charge in [0.2, 0.25) is 0 Å². The van der Waals surface area contributed by atoms with Crippen molar-refractivity contribution in [2.24, 2.45) is 5.41 Å². The van der Waals surface area contributed by atoms with Crippen LogP contribution in [0.1, 0.15) is 96.4 Å². The standard InChI is InChI=1S/C30H29F4NO2/c1-29(2)15-22-25(23(36)16-29)24(19-8-5-9-21(31)14-19)26(27(35-22)17-6-3-4-7-17)28(37)18-10-12-20(13-11-18)30(32,33)34/h5,8-14,17,23,36H,3-4,6-7,15-16H2,1-2H3/t23-/m0/s1. The van der Waals surface area contributed by atoms with Gasteiger partial charge in [0, 0.05) is 28.3 Å². The molecule has 1 saturated carbocycles. The Kier molecular flexibility index (Phi) is 6.47. The normalized spacial score (nSPS) is 19.6. The zero-order valence-corrected chi connectivity index (χ0v) is 20.8. The van der Waals surface area contributed by atoms with E-state index in [2.05, 4.69) is 13.8 Å². The number of pyridine rings is 1. The second-order valence-electron chi connectivity index (χ2n) is 11.1. The average molecular weight is 512 g/mol. The Morgan fingerprint density at radius 2 is 1.73 bits per heavy atom. The predicted molar refractivity (Wildman–Crippen MR) is 133 cm³/mol. The highest BCUT2D eigenvalue weighted by Crippen LogP contribution is 2.48. The lowest BCUT2D eigenvalue weighted by Crippen LogP contribution is -2.29. The van der Waals surface area contributed by atoms with Gasteiger partial charge in [0.15, 0.2) is 5.78 Å². The molecule has 2 aliphatic carbocycles. The Morgan fingerprint density at radius 1 is 1.05 bits per heavy atom. The summed E-state index contributed by atoms with van der Waals surface area (Å²) in [6.07, 6.45) is -0.742. The van der Waals surface area contributed by atoms with Crippen LogP contribution in [0.15, 0.2) is 48.5 Å². The van der Waals surface area contributed by atoms with Gasteiger partial charge in [-0.2, -0.15) is 13.2 Å². The number of halogens is 4. The number of nitrogens with zero attached hydrogens (tertiary/aromatic N) is 1. The topological polar surface area (TPSA) is 50.2 Å². The minimum absolute atomic E-state index is 0.00758. The maximum absolute atomic E-state index is 14.4. The first-order valence-electron chi connectivity index (χ1n) is 12.7. The van der Waals surface area contributed by atoms with E-state index < -0.39 is 29.4 Å². The van der Waals surface area contributed by atoms with Crippen molar-refractivity contribution < 1.29 is 27.5 Å². The summed E-state index contributed by atoms with van der Waals surface area (Å²) in [6.45, 7) is 4.11. The number of rotatable bonds is 4. The Labute approximate surface area is 213 Å². The number of benzene rings is 2. The molecule has 0 bridgehead atoms. The summed E-state index contributed by atoms with van der Waals surface area (Å²) >= 11 is 0. The number of aliphatic hydroxyl groups is 1. The molecule has 1 heterocycles. The lowest BCUT2D eigenvalue weighted by molar-refractivity contribution is -0.137. The van der Waals surface area contributed by atoms with Gasteiger partial charge in [-0.25, -0.2) is 4.39 Å². The molecule has 37 heavy (non-hydrogen) atoms. The van der Waals surface area contributed by atoms with E-state index in [4.69, 9.17) is 4.98 Å². The fraction of sp³-hybridized carbons (Fsp3) is 0.400. The molecule has 0 unspecified atom stereocenters. The molecular weight excluding hydrogens is 482 g/mol. The van der Waals surface area contributed by atoms with Crippen molar-refractivity contribution >= 4 is 5.78 Å². The predicted octanol–water partition coefficient (Wildman–Crippen LogP) is 7.80. The monoisotopic (exact) mass is 511 g/mol. The van der Waals surface area contributed by atoms with Crippen LogP contribution < -0.4 is 0 Å². The van der Waals surface area contributed by atoms with E-state index in [-0.39, 0.29) is 22.5 Å². The number of fused-ring (bicyclic) bond motifs is 1. The number of hydrogen-bond acceptors (Lipinski definition) is 3. The first kappa shape index (κ1) is 25.6. The van der Waals surface area contributed by atoms with E-state index >= 15 is 0 Å². The fourth-order valence-electron chi connectivity index (χ4n) is 5.94. The number of carbonyl (C=O) groups is 1. The van der Waals surface area contributed by atoms with Gasteiger partial charge in [-0.05, 0) is 60.9 Å². The van der Waals surface area contributed by atoms with Crippen molar-refractivity contribution in [1.82, 2.24) is 4.98 Å². The molecule has 3 nitrogen and oxygen atoms in total. The largest absolute Gasteiger partial charge is 0.416 e. The number of carbonyl (C=O) groups excluding carboxylic acids is 1. The third-order valence-corrected chi connectivity index (χ3v) is 7.62. The van der Waals surface area contributed by atoms with Gasteiger partial charge in [-0.15, -0.1) is 0 Å². The van der Waals surface area contributed by atoms with Gasteiger partial charge in [0.05, 0.1) is 22.9 Å². The van der Waals surface area contributed by atoms with Gasteiger partial charge < -0.3 is 5.11 Å². The van der Waals surface area contributed by atoms with E-state index in [9.17, 15) is 27.5 Å². The zero-order valence-electron chi connectivity index (χ0n) is 20.8. The Bertz CT molecular complexity index is 1340. The summed E-state index contributed by atoms with van der Waals surface area (Å²) in [7, 11) is 0. The molecule has 5 rings (SSSR count). The number of aliphatic hydroxyl groups excluding tert-OH is 1. The summed E-state index contributed by atoms with van der Waals surface area (Å²) in [4.78, 5) is 19.1. The van der Waals surface area contributed by atoms with Crippen LogP contribution in [0.4, 0.5) is 17.6 Å². The minimum Gasteiger partial charge on any atom is -0.388 e. The summed E-state index contributed by atoms with van der Waals surface area (Å²) in [5.74, 6) is -0.945. The lowest BCUT2D eigenvalue weighted by atomic mass is 9.71. The highest BCUT2D eigenvalue weighted by molar-refractivity contribution is 6.14. The second kappa shape index (κ2) is 9.35. The fourth-order valence-corrected chi connectivity index (χ4v) is 5.94. The van der Waals surface area contributed by atoms with E-state index in [0.717, 1.165) is 37.8 Å². The van der Waals surface area contributed by atoms with Crippen molar-refractivity contribution in [3.05, 3.63) is 88.0 Å². The van der Waals surface area contributed by atoms with Crippen LogP contribution in [0.25, 0.3) is 11.1 Å². The van der Waals surface area contributed by atoms with E-state index in [1.807, 2.05) is 0 Å². The van der Waals surface area contributed by atoms with Gasteiger partial charge in [0.1, 0.15) is 5.82 Å². The Hall–Kier alpha value is -3.06. The van der Waals surface area contributed by atoms with Crippen LogP contribution in [-0.2, 0) is 12.6 Å². The van der Waals surface area contributed by atoms with Gasteiger partial charge in [0.25, 0.3) is 0 Å². The molecule has 2 aromatic carbocycles. The molecule has 0 amide bonds. The number of alkyl halides is 3. The van der Waals surface area contributed by atoms with Crippen LogP contribution in [-0.4, -0.2) is 15.9 Å². The summed E-state index contributed by atoms with van der Waals surface area (Å²) in [6, 6.07) is 10.1. The molecule has 0 saturated heterocycles. The smallest absolute Gasteiger partial charge is 0.388 e. The maximum atomic E-state index is 14.4. The van der Waals surface area contributed by atoms with Crippen molar-refractivity contribution in [2.45, 2.75) is 70.6 Å². The molecule has 3 aromatic rings. The average Bonchev–Trinajstić information content (AvgIpc) is 3.36. The third kappa shape index (κ3) is 4.93. The van der Waals surface area contributed by atoms with Crippen LogP contribution in [0.5, 0.6) is 0 Å². The number of hydrogen-bond donors (Lipinski definition) is 1. The van der Waals surface area contributed by atoms with Crippen molar-refractivity contribution in [2.75, 3.05) is 0 Å². The molecule has 0 spiro atoms. The summed E-state index contributed by atoms with van der Waals surface area (Å²) in [5.41, 5.74) is 2.01. The van der Waals surface area contributed by atoms with Crippen LogP contribution in [0.3, 0.4) is 0 Å². The quantitative estimate of drug-likeness (QED) is 0.287. The van der Waals surface area contributed by atoms with Gasteiger partial charge >= 0.3 is 6.18 Å². The Balaban J connectivity index is 1.79.